The highest BCUT2D eigenvalue weighted by atomic mass is 16.5. The number of amides is 1. The van der Waals surface area contributed by atoms with E-state index in [-0.39, 0.29) is 18.4 Å². The van der Waals surface area contributed by atoms with Crippen LogP contribution in [0.4, 0.5) is 0 Å². The van der Waals surface area contributed by atoms with Crippen LogP contribution in [0, 0.1) is 12.8 Å². The van der Waals surface area contributed by atoms with Gasteiger partial charge in [-0.05, 0) is 37.0 Å². The summed E-state index contributed by atoms with van der Waals surface area (Å²) in [7, 11) is 1.57. The molecule has 0 saturated carbocycles. The molecule has 1 aliphatic heterocycles. The summed E-state index contributed by atoms with van der Waals surface area (Å²) in [6, 6.07) is 5.41. The summed E-state index contributed by atoms with van der Waals surface area (Å²) in [6.07, 6.45) is 0.576. The zero-order chi connectivity index (χ0) is 21.7. The third-order valence-electron chi connectivity index (χ3n) is 5.47. The van der Waals surface area contributed by atoms with Crippen LogP contribution >= 0.6 is 0 Å². The van der Waals surface area contributed by atoms with E-state index in [2.05, 4.69) is 24.1 Å². The van der Waals surface area contributed by atoms with Crippen LogP contribution in [-0.2, 0) is 16.0 Å². The normalized spacial score (nSPS) is 17.4. The predicted molar refractivity (Wildman–Crippen MR) is 116 cm³/mol. The Balaban J connectivity index is 1.56. The molecule has 0 bridgehead atoms. The Morgan fingerprint density at radius 2 is 2.17 bits per heavy atom. The molecule has 0 spiro atoms. The third kappa shape index (κ3) is 5.61. The Hall–Kier alpha value is -2.38. The summed E-state index contributed by atoms with van der Waals surface area (Å²) < 4.78 is 16.4. The zero-order valence-corrected chi connectivity index (χ0v) is 18.3. The van der Waals surface area contributed by atoms with Crippen LogP contribution in [-0.4, -0.2) is 56.8 Å². The lowest BCUT2D eigenvalue weighted by Gasteiger charge is -2.33. The van der Waals surface area contributed by atoms with Gasteiger partial charge in [0.2, 0.25) is 5.91 Å². The largest absolute Gasteiger partial charge is 0.497 e. The second-order valence-electron chi connectivity index (χ2n) is 8.31. The molecule has 1 aromatic carbocycles. The molecule has 1 fully saturated rings. The van der Waals surface area contributed by atoms with Gasteiger partial charge in [0.1, 0.15) is 11.3 Å². The van der Waals surface area contributed by atoms with Gasteiger partial charge < -0.3 is 19.2 Å². The van der Waals surface area contributed by atoms with Crippen LogP contribution in [0.25, 0.3) is 11.0 Å². The first kappa shape index (κ1) is 22.3. The molecule has 1 aliphatic rings. The number of morpholine rings is 1. The number of rotatable bonds is 8. The Morgan fingerprint density at radius 3 is 2.90 bits per heavy atom. The van der Waals surface area contributed by atoms with E-state index in [1.807, 2.05) is 19.1 Å². The second kappa shape index (κ2) is 10.1. The maximum atomic E-state index is 12.4. The highest BCUT2D eigenvalue weighted by Crippen LogP contribution is 2.24. The van der Waals surface area contributed by atoms with E-state index in [0.29, 0.717) is 42.4 Å². The Labute approximate surface area is 177 Å². The second-order valence-corrected chi connectivity index (χ2v) is 8.31. The Morgan fingerprint density at radius 1 is 1.37 bits per heavy atom. The SMILES string of the molecule is COc1ccc2c(C)c(CCC(=O)NCC3CN(CC(C)C)CCO3)c(=O)oc2c1. The van der Waals surface area contributed by atoms with Crippen LogP contribution in [0.3, 0.4) is 0 Å². The number of nitrogens with one attached hydrogen (secondary N) is 1. The number of hydrogen-bond donors (Lipinski definition) is 1. The van der Waals surface area contributed by atoms with Crippen molar-refractivity contribution in [1.29, 1.82) is 0 Å². The molecule has 2 heterocycles. The number of methoxy groups -OCH3 is 1. The molecule has 3 rings (SSSR count). The van der Waals surface area contributed by atoms with Gasteiger partial charge >= 0.3 is 5.63 Å². The number of ether oxygens (including phenoxy) is 2. The van der Waals surface area contributed by atoms with E-state index in [1.165, 1.54) is 0 Å². The Bertz CT molecular complexity index is 937. The van der Waals surface area contributed by atoms with Crippen molar-refractivity contribution < 1.29 is 18.7 Å². The maximum Gasteiger partial charge on any atom is 0.339 e. The number of aryl methyl sites for hydroxylation is 1. The average Bonchev–Trinajstić information content (AvgIpc) is 2.71. The van der Waals surface area contributed by atoms with E-state index in [1.54, 1.807) is 13.2 Å². The third-order valence-corrected chi connectivity index (χ3v) is 5.47. The van der Waals surface area contributed by atoms with Gasteiger partial charge in [0.25, 0.3) is 0 Å². The van der Waals surface area contributed by atoms with Crippen molar-refractivity contribution in [2.45, 2.75) is 39.7 Å². The van der Waals surface area contributed by atoms with Crippen LogP contribution in [0.2, 0.25) is 0 Å². The first-order chi connectivity index (χ1) is 14.4. The molecular weight excluding hydrogens is 384 g/mol. The van der Waals surface area contributed by atoms with Gasteiger partial charge in [-0.2, -0.15) is 0 Å². The lowest BCUT2D eigenvalue weighted by Crippen LogP contribution is -2.48. The molecule has 7 heteroatoms. The summed E-state index contributed by atoms with van der Waals surface area (Å²) in [5.74, 6) is 1.15. The van der Waals surface area contributed by atoms with E-state index < -0.39 is 5.63 Å². The van der Waals surface area contributed by atoms with E-state index >= 15 is 0 Å². The zero-order valence-electron chi connectivity index (χ0n) is 18.3. The van der Waals surface area contributed by atoms with Gasteiger partial charge in [0.15, 0.2) is 0 Å². The smallest absolute Gasteiger partial charge is 0.339 e. The van der Waals surface area contributed by atoms with Gasteiger partial charge in [-0.15, -0.1) is 0 Å². The lowest BCUT2D eigenvalue weighted by molar-refractivity contribution is -0.122. The molecule has 1 saturated heterocycles. The molecule has 0 radical (unpaired) electrons. The van der Waals surface area contributed by atoms with Crippen LogP contribution in [0.15, 0.2) is 27.4 Å². The van der Waals surface area contributed by atoms with Gasteiger partial charge in [0, 0.05) is 49.6 Å². The molecule has 164 valence electrons. The topological polar surface area (TPSA) is 81.0 Å². The predicted octanol–water partition coefficient (Wildman–Crippen LogP) is 2.52. The first-order valence-corrected chi connectivity index (χ1v) is 10.6. The first-order valence-electron chi connectivity index (χ1n) is 10.6. The lowest BCUT2D eigenvalue weighted by atomic mass is 10.0. The summed E-state index contributed by atoms with van der Waals surface area (Å²) in [6.45, 7) is 10.3. The molecule has 1 atom stereocenters. The van der Waals surface area contributed by atoms with Gasteiger partial charge in [-0.25, -0.2) is 4.79 Å². The number of nitrogens with zero attached hydrogens (tertiary/aromatic N) is 1. The van der Waals surface area contributed by atoms with E-state index in [9.17, 15) is 9.59 Å². The maximum absolute atomic E-state index is 12.4. The minimum absolute atomic E-state index is 0.00362. The molecule has 1 aromatic heterocycles. The number of carbonyl (C=O) groups excluding carboxylic acids is 1. The molecule has 30 heavy (non-hydrogen) atoms. The summed E-state index contributed by atoms with van der Waals surface area (Å²) in [5, 5.41) is 3.80. The minimum atomic E-state index is -0.402. The summed E-state index contributed by atoms with van der Waals surface area (Å²) in [4.78, 5) is 27.2. The monoisotopic (exact) mass is 416 g/mol. The number of hydrogen-bond acceptors (Lipinski definition) is 6. The molecule has 1 N–H and O–H groups in total. The van der Waals surface area contributed by atoms with Crippen molar-refractivity contribution in [3.05, 3.63) is 39.7 Å². The molecule has 7 nitrogen and oxygen atoms in total. The number of benzene rings is 1. The van der Waals surface area contributed by atoms with Crippen LogP contribution in [0.1, 0.15) is 31.4 Å². The highest BCUT2D eigenvalue weighted by Gasteiger charge is 2.21. The van der Waals surface area contributed by atoms with Crippen molar-refractivity contribution in [3.8, 4) is 5.75 Å². The van der Waals surface area contributed by atoms with E-state index in [0.717, 1.165) is 30.6 Å². The molecular formula is C23H32N2O5. The fourth-order valence-corrected chi connectivity index (χ4v) is 3.93. The number of carbonyl (C=O) groups is 1. The average molecular weight is 417 g/mol. The van der Waals surface area contributed by atoms with Gasteiger partial charge in [-0.3, -0.25) is 9.69 Å². The molecule has 1 amide bonds. The van der Waals surface area contributed by atoms with Crippen LogP contribution < -0.4 is 15.7 Å². The fourth-order valence-electron chi connectivity index (χ4n) is 3.93. The van der Waals surface area contributed by atoms with Crippen LogP contribution in [0.5, 0.6) is 5.75 Å². The van der Waals surface area contributed by atoms with E-state index in [4.69, 9.17) is 13.9 Å². The van der Waals surface area contributed by atoms with Crippen molar-refractivity contribution in [2.24, 2.45) is 5.92 Å². The molecule has 2 aromatic rings. The quantitative estimate of drug-likeness (QED) is 0.666. The number of fused-ring (bicyclic) bond motifs is 1. The standard InChI is InChI=1S/C23H32N2O5/c1-15(2)13-25-9-10-29-18(14-25)12-24-22(26)8-7-20-16(3)19-6-5-17(28-4)11-21(19)30-23(20)27/h5-6,11,15,18H,7-10,12-14H2,1-4H3,(H,24,26). The van der Waals surface area contributed by atoms with Crippen molar-refractivity contribution in [1.82, 2.24) is 10.2 Å². The van der Waals surface area contributed by atoms with Crippen molar-refractivity contribution in [3.63, 3.8) is 0 Å². The minimum Gasteiger partial charge on any atom is -0.497 e. The molecule has 0 aliphatic carbocycles. The Kier molecular flexibility index (Phi) is 7.50. The fraction of sp³-hybridized carbons (Fsp3) is 0.565. The molecule has 1 unspecified atom stereocenters. The highest BCUT2D eigenvalue weighted by molar-refractivity contribution is 5.82. The summed E-state index contributed by atoms with van der Waals surface area (Å²) in [5.41, 5.74) is 1.47. The van der Waals surface area contributed by atoms with Crippen molar-refractivity contribution >= 4 is 16.9 Å². The van der Waals surface area contributed by atoms with Gasteiger partial charge in [-0.1, -0.05) is 13.8 Å². The van der Waals surface area contributed by atoms with Crippen molar-refractivity contribution in [2.75, 3.05) is 39.9 Å². The van der Waals surface area contributed by atoms with Gasteiger partial charge in [0.05, 0.1) is 19.8 Å². The summed E-state index contributed by atoms with van der Waals surface area (Å²) >= 11 is 0.